The Kier molecular flexibility index (Phi) is 5.07. The summed E-state index contributed by atoms with van der Waals surface area (Å²) in [5, 5.41) is 4.55. The molecule has 0 unspecified atom stereocenters. The lowest BCUT2D eigenvalue weighted by atomic mass is 10.3. The highest BCUT2D eigenvalue weighted by atomic mass is 32.1. The van der Waals surface area contributed by atoms with Gasteiger partial charge in [-0.15, -0.1) is 0 Å². The second-order valence-corrected chi connectivity index (χ2v) is 4.87. The van der Waals surface area contributed by atoms with Gasteiger partial charge in [0.1, 0.15) is 6.73 Å². The van der Waals surface area contributed by atoms with Gasteiger partial charge in [-0.1, -0.05) is 18.2 Å². The van der Waals surface area contributed by atoms with Gasteiger partial charge >= 0.3 is 0 Å². The molecule has 0 aromatic heterocycles. The summed E-state index contributed by atoms with van der Waals surface area (Å²) in [7, 11) is 0. The van der Waals surface area contributed by atoms with E-state index in [0.29, 0.717) is 18.5 Å². The molecule has 0 aliphatic carbocycles. The number of rotatable bonds is 4. The minimum atomic E-state index is 0.528. The van der Waals surface area contributed by atoms with E-state index in [1.54, 1.807) is 0 Å². The Hall–Kier alpha value is -1.24. The van der Waals surface area contributed by atoms with Gasteiger partial charge in [-0.2, -0.15) is 0 Å². The summed E-state index contributed by atoms with van der Waals surface area (Å²) in [4.78, 5) is 3.94. The van der Waals surface area contributed by atoms with Gasteiger partial charge in [-0.3, -0.25) is 4.90 Å². The molecule has 102 valence electrons. The molecule has 1 heterocycles. The van der Waals surface area contributed by atoms with E-state index in [9.17, 15) is 0 Å². The second-order valence-electron chi connectivity index (χ2n) is 4.12. The molecule has 2 rings (SSSR count). The fourth-order valence-electron chi connectivity index (χ4n) is 1.80. The molecule has 1 aromatic carbocycles. The minimum absolute atomic E-state index is 0.528. The number of hydrogen-bond acceptors (Lipinski definition) is 3. The van der Waals surface area contributed by atoms with Crippen LogP contribution in [0.3, 0.4) is 0 Å². The van der Waals surface area contributed by atoms with Crippen molar-refractivity contribution in [3.8, 4) is 0 Å². The zero-order valence-electron chi connectivity index (χ0n) is 10.8. The summed E-state index contributed by atoms with van der Waals surface area (Å²) in [6.45, 7) is 4.82. The van der Waals surface area contributed by atoms with Crippen molar-refractivity contribution in [3.63, 3.8) is 0 Å². The molecule has 1 aromatic rings. The van der Waals surface area contributed by atoms with E-state index in [2.05, 4.69) is 5.32 Å². The molecular weight excluding hydrogens is 278 g/mol. The highest BCUT2D eigenvalue weighted by molar-refractivity contribution is 7.81. The highest BCUT2D eigenvalue weighted by Gasteiger charge is 2.27. The third-order valence-corrected chi connectivity index (χ3v) is 3.62. The summed E-state index contributed by atoms with van der Waals surface area (Å²) < 4.78 is 5.38. The predicted molar refractivity (Wildman–Crippen MR) is 85.2 cm³/mol. The van der Waals surface area contributed by atoms with Crippen molar-refractivity contribution in [1.82, 2.24) is 9.80 Å². The van der Waals surface area contributed by atoms with Crippen LogP contribution >= 0.6 is 24.4 Å². The molecule has 1 saturated heterocycles. The lowest BCUT2D eigenvalue weighted by Crippen LogP contribution is -2.39. The molecular formula is C13H17N3OS2. The largest absolute Gasteiger partial charge is 0.361 e. The Morgan fingerprint density at radius 2 is 2.05 bits per heavy atom. The van der Waals surface area contributed by atoms with E-state index < -0.39 is 0 Å². The van der Waals surface area contributed by atoms with E-state index >= 15 is 0 Å². The van der Waals surface area contributed by atoms with Gasteiger partial charge in [-0.25, -0.2) is 0 Å². The van der Waals surface area contributed by atoms with E-state index in [4.69, 9.17) is 29.2 Å². The first-order valence-electron chi connectivity index (χ1n) is 6.22. The quantitative estimate of drug-likeness (QED) is 0.857. The monoisotopic (exact) mass is 295 g/mol. The van der Waals surface area contributed by atoms with Crippen LogP contribution in [0.1, 0.15) is 6.92 Å². The number of benzene rings is 1. The third kappa shape index (κ3) is 3.62. The van der Waals surface area contributed by atoms with E-state index in [1.807, 2.05) is 47.1 Å². The van der Waals surface area contributed by atoms with Crippen LogP contribution in [0, 0.1) is 0 Å². The first kappa shape index (κ1) is 14.2. The fourth-order valence-corrected chi connectivity index (χ4v) is 2.48. The highest BCUT2D eigenvalue weighted by Crippen LogP contribution is 2.13. The van der Waals surface area contributed by atoms with Gasteiger partial charge in [0.05, 0.1) is 0 Å². The summed E-state index contributed by atoms with van der Waals surface area (Å²) in [5.41, 5.74) is 0.971. The lowest BCUT2D eigenvalue weighted by molar-refractivity contribution is 0.0807. The molecule has 0 spiro atoms. The molecule has 0 saturated carbocycles. The molecule has 1 aliphatic rings. The minimum Gasteiger partial charge on any atom is -0.361 e. The van der Waals surface area contributed by atoms with Gasteiger partial charge in [0.25, 0.3) is 0 Å². The number of ether oxygens (including phenoxy) is 1. The van der Waals surface area contributed by atoms with Crippen LogP contribution in [0.15, 0.2) is 30.3 Å². The Bertz CT molecular complexity index is 452. The number of nitrogens with one attached hydrogen (secondary N) is 1. The maximum atomic E-state index is 5.41. The SMILES string of the molecule is CCOCN1CCN(C(=S)Nc2ccccc2)C1=S. The van der Waals surface area contributed by atoms with Crippen LogP contribution in [0.5, 0.6) is 0 Å². The maximum Gasteiger partial charge on any atom is 0.179 e. The van der Waals surface area contributed by atoms with Crippen molar-refractivity contribution in [2.45, 2.75) is 6.92 Å². The third-order valence-electron chi connectivity index (χ3n) is 2.82. The molecule has 0 atom stereocenters. The van der Waals surface area contributed by atoms with E-state index in [-0.39, 0.29) is 0 Å². The Morgan fingerprint density at radius 1 is 1.32 bits per heavy atom. The number of hydrogen-bond donors (Lipinski definition) is 1. The van der Waals surface area contributed by atoms with Crippen LogP contribution in [-0.2, 0) is 4.74 Å². The lowest BCUT2D eigenvalue weighted by Gasteiger charge is -2.22. The average molecular weight is 295 g/mol. The topological polar surface area (TPSA) is 27.7 Å². The van der Waals surface area contributed by atoms with E-state index in [0.717, 1.165) is 23.9 Å². The van der Waals surface area contributed by atoms with Crippen molar-refractivity contribution < 1.29 is 4.74 Å². The van der Waals surface area contributed by atoms with Gasteiger partial charge < -0.3 is 15.0 Å². The molecule has 4 nitrogen and oxygen atoms in total. The van der Waals surface area contributed by atoms with Crippen molar-refractivity contribution in [2.24, 2.45) is 0 Å². The summed E-state index contributed by atoms with van der Waals surface area (Å²) in [5.74, 6) is 0. The molecule has 19 heavy (non-hydrogen) atoms. The van der Waals surface area contributed by atoms with Gasteiger partial charge in [0, 0.05) is 25.4 Å². The molecule has 1 aliphatic heterocycles. The van der Waals surface area contributed by atoms with Gasteiger partial charge in [0.2, 0.25) is 0 Å². The van der Waals surface area contributed by atoms with Crippen LogP contribution in [0.25, 0.3) is 0 Å². The van der Waals surface area contributed by atoms with Gasteiger partial charge in [0.15, 0.2) is 10.2 Å². The standard InChI is InChI=1S/C13H17N3OS2/c1-2-17-10-15-8-9-16(13(15)19)12(18)14-11-6-4-3-5-7-11/h3-7H,2,8-10H2,1H3,(H,14,18). The normalized spacial score (nSPS) is 14.9. The summed E-state index contributed by atoms with van der Waals surface area (Å²) >= 11 is 10.8. The van der Waals surface area contributed by atoms with Crippen LogP contribution in [-0.4, -0.2) is 46.5 Å². The molecule has 0 radical (unpaired) electrons. The zero-order valence-corrected chi connectivity index (χ0v) is 12.5. The van der Waals surface area contributed by atoms with Crippen LogP contribution < -0.4 is 5.32 Å². The van der Waals surface area contributed by atoms with Crippen LogP contribution in [0.2, 0.25) is 0 Å². The smallest absolute Gasteiger partial charge is 0.179 e. The first-order valence-corrected chi connectivity index (χ1v) is 7.04. The average Bonchev–Trinajstić information content (AvgIpc) is 2.79. The first-order chi connectivity index (χ1) is 9.22. The molecule has 1 fully saturated rings. The maximum absolute atomic E-state index is 5.41. The van der Waals surface area contributed by atoms with Crippen molar-refractivity contribution in [2.75, 3.05) is 31.7 Å². The Morgan fingerprint density at radius 3 is 2.74 bits per heavy atom. The summed E-state index contributed by atoms with van der Waals surface area (Å²) in [6, 6.07) is 9.86. The molecule has 1 N–H and O–H groups in total. The molecule has 0 bridgehead atoms. The van der Waals surface area contributed by atoms with E-state index in [1.165, 1.54) is 0 Å². The molecule has 0 amide bonds. The number of anilines is 1. The fraction of sp³-hybridized carbons (Fsp3) is 0.385. The predicted octanol–water partition coefficient (Wildman–Crippen LogP) is 2.28. The number of para-hydroxylation sites is 1. The van der Waals surface area contributed by atoms with Gasteiger partial charge in [-0.05, 0) is 43.5 Å². The Labute approximate surface area is 124 Å². The number of nitrogens with zero attached hydrogens (tertiary/aromatic N) is 2. The van der Waals surface area contributed by atoms with Crippen molar-refractivity contribution in [3.05, 3.63) is 30.3 Å². The number of thiocarbonyl (C=S) groups is 2. The van der Waals surface area contributed by atoms with Crippen molar-refractivity contribution >= 4 is 40.3 Å². The van der Waals surface area contributed by atoms with Crippen molar-refractivity contribution in [1.29, 1.82) is 0 Å². The zero-order chi connectivity index (χ0) is 13.7. The Balaban J connectivity index is 1.92. The van der Waals surface area contributed by atoms with Crippen LogP contribution in [0.4, 0.5) is 5.69 Å². The second kappa shape index (κ2) is 6.79. The molecule has 6 heteroatoms. The summed E-state index contributed by atoms with van der Waals surface area (Å²) in [6.07, 6.45) is 0.